The summed E-state index contributed by atoms with van der Waals surface area (Å²) in [5.41, 5.74) is 0. The molecule has 2 N–H and O–H groups in total. The van der Waals surface area contributed by atoms with Crippen LogP contribution in [0, 0.1) is 5.92 Å². The maximum absolute atomic E-state index is 5.66. The normalized spacial score (nSPS) is 17.3. The Balaban J connectivity index is 1.59. The molecule has 0 unspecified atom stereocenters. The minimum absolute atomic E-state index is 0.624. The highest BCUT2D eigenvalue weighted by molar-refractivity contribution is 5.79. The summed E-state index contributed by atoms with van der Waals surface area (Å²) in [7, 11) is 4.00. The lowest BCUT2D eigenvalue weighted by molar-refractivity contribution is 0.220. The molecule has 1 heterocycles. The Morgan fingerprint density at radius 3 is 2.64 bits per heavy atom. The van der Waals surface area contributed by atoms with Crippen molar-refractivity contribution in [3.05, 3.63) is 30.3 Å². The summed E-state index contributed by atoms with van der Waals surface area (Å²) in [5.74, 6) is 2.50. The van der Waals surface area contributed by atoms with Gasteiger partial charge in [-0.3, -0.25) is 4.99 Å². The van der Waals surface area contributed by atoms with E-state index in [1.165, 1.54) is 25.9 Å². The number of nitrogens with zero attached hydrogens (tertiary/aromatic N) is 2. The Hall–Kier alpha value is -1.75. The second kappa shape index (κ2) is 9.30. The predicted octanol–water partition coefficient (Wildman–Crippen LogP) is 1.57. The zero-order valence-electron chi connectivity index (χ0n) is 13.7. The molecule has 0 saturated carbocycles. The van der Waals surface area contributed by atoms with Gasteiger partial charge in [0.05, 0.1) is 6.54 Å². The molecule has 0 bridgehead atoms. The van der Waals surface area contributed by atoms with Gasteiger partial charge in [-0.05, 0) is 51.0 Å². The number of benzene rings is 1. The molecule has 0 aromatic heterocycles. The zero-order chi connectivity index (χ0) is 15.6. The largest absolute Gasteiger partial charge is 0.492 e. The van der Waals surface area contributed by atoms with Gasteiger partial charge in [0.15, 0.2) is 5.96 Å². The van der Waals surface area contributed by atoms with Gasteiger partial charge in [0, 0.05) is 13.6 Å². The van der Waals surface area contributed by atoms with Crippen LogP contribution >= 0.6 is 0 Å². The Morgan fingerprint density at radius 1 is 1.23 bits per heavy atom. The van der Waals surface area contributed by atoms with Gasteiger partial charge >= 0.3 is 0 Å². The van der Waals surface area contributed by atoms with Crippen LogP contribution in [0.4, 0.5) is 0 Å². The number of aliphatic imine (C=N–C) groups is 1. The summed E-state index contributed by atoms with van der Waals surface area (Å²) in [5, 5.41) is 6.71. The summed E-state index contributed by atoms with van der Waals surface area (Å²) in [6.07, 6.45) is 2.52. The summed E-state index contributed by atoms with van der Waals surface area (Å²) in [6.45, 7) is 4.75. The van der Waals surface area contributed by atoms with Crippen molar-refractivity contribution in [2.45, 2.75) is 12.8 Å². The molecule has 0 aliphatic carbocycles. The van der Waals surface area contributed by atoms with Crippen molar-refractivity contribution >= 4 is 5.96 Å². The second-order valence-corrected chi connectivity index (χ2v) is 5.79. The minimum atomic E-state index is 0.624. The van der Waals surface area contributed by atoms with Crippen LogP contribution in [0.25, 0.3) is 0 Å². The third-order valence-electron chi connectivity index (χ3n) is 4.03. The average molecular weight is 304 g/mol. The topological polar surface area (TPSA) is 48.9 Å². The van der Waals surface area contributed by atoms with Crippen LogP contribution < -0.4 is 15.4 Å². The van der Waals surface area contributed by atoms with E-state index in [4.69, 9.17) is 4.74 Å². The van der Waals surface area contributed by atoms with E-state index in [0.29, 0.717) is 6.61 Å². The molecule has 1 aliphatic heterocycles. The van der Waals surface area contributed by atoms with Crippen LogP contribution in [0.3, 0.4) is 0 Å². The Bertz CT molecular complexity index is 441. The molecule has 0 atom stereocenters. The lowest BCUT2D eigenvalue weighted by atomic mass is 9.97. The molecule has 1 fully saturated rings. The molecule has 1 aromatic carbocycles. The zero-order valence-corrected chi connectivity index (χ0v) is 13.7. The molecule has 1 aromatic rings. The quantitative estimate of drug-likeness (QED) is 0.476. The Labute approximate surface area is 133 Å². The Kier molecular flexibility index (Phi) is 7.03. The van der Waals surface area contributed by atoms with Crippen LogP contribution in [-0.4, -0.2) is 57.7 Å². The van der Waals surface area contributed by atoms with Crippen molar-refractivity contribution < 1.29 is 4.74 Å². The molecule has 5 nitrogen and oxygen atoms in total. The van der Waals surface area contributed by atoms with E-state index in [-0.39, 0.29) is 0 Å². The molecule has 22 heavy (non-hydrogen) atoms. The number of guanidine groups is 1. The SMILES string of the molecule is CN=C(NCCOc1ccccc1)NCC1CCN(C)CC1. The first kappa shape index (κ1) is 16.6. The average Bonchev–Trinajstić information content (AvgIpc) is 2.57. The molecule has 122 valence electrons. The van der Waals surface area contributed by atoms with E-state index < -0.39 is 0 Å². The number of hydrogen-bond acceptors (Lipinski definition) is 3. The molecule has 2 rings (SSSR count). The van der Waals surface area contributed by atoms with Gasteiger partial charge in [-0.2, -0.15) is 0 Å². The minimum Gasteiger partial charge on any atom is -0.492 e. The maximum atomic E-state index is 5.66. The first-order chi connectivity index (χ1) is 10.8. The van der Waals surface area contributed by atoms with Crippen LogP contribution in [0.15, 0.2) is 35.3 Å². The van der Waals surface area contributed by atoms with Gasteiger partial charge in [0.1, 0.15) is 12.4 Å². The summed E-state index contributed by atoms with van der Waals surface area (Å²) < 4.78 is 5.66. The molecule has 0 radical (unpaired) electrons. The third kappa shape index (κ3) is 5.93. The van der Waals surface area contributed by atoms with Crippen molar-refractivity contribution in [1.82, 2.24) is 15.5 Å². The predicted molar refractivity (Wildman–Crippen MR) is 91.5 cm³/mol. The van der Waals surface area contributed by atoms with Crippen LogP contribution in [-0.2, 0) is 0 Å². The van der Waals surface area contributed by atoms with Crippen molar-refractivity contribution in [1.29, 1.82) is 0 Å². The van der Waals surface area contributed by atoms with Gasteiger partial charge in [-0.25, -0.2) is 0 Å². The number of para-hydroxylation sites is 1. The summed E-state index contributed by atoms with van der Waals surface area (Å²) in [6, 6.07) is 9.87. The monoisotopic (exact) mass is 304 g/mol. The van der Waals surface area contributed by atoms with Gasteiger partial charge < -0.3 is 20.3 Å². The lowest BCUT2D eigenvalue weighted by Gasteiger charge is -2.29. The van der Waals surface area contributed by atoms with Crippen molar-refractivity contribution in [3.8, 4) is 5.75 Å². The second-order valence-electron chi connectivity index (χ2n) is 5.79. The molecule has 1 aliphatic rings. The molecule has 1 saturated heterocycles. The fourth-order valence-corrected chi connectivity index (χ4v) is 2.58. The highest BCUT2D eigenvalue weighted by Crippen LogP contribution is 2.14. The number of likely N-dealkylation sites (tertiary alicyclic amines) is 1. The molecular formula is C17H28N4O. The van der Waals surface area contributed by atoms with E-state index in [1.54, 1.807) is 0 Å². The highest BCUT2D eigenvalue weighted by Gasteiger charge is 2.16. The van der Waals surface area contributed by atoms with E-state index >= 15 is 0 Å². The van der Waals surface area contributed by atoms with Crippen molar-refractivity contribution in [2.75, 3.05) is 46.9 Å². The fourth-order valence-electron chi connectivity index (χ4n) is 2.58. The standard InChI is InChI=1S/C17H28N4O/c1-18-17(20-14-15-8-11-21(2)12-9-15)19-10-13-22-16-6-4-3-5-7-16/h3-7,15H,8-14H2,1-2H3,(H2,18,19,20). The van der Waals surface area contributed by atoms with Gasteiger partial charge in [0.2, 0.25) is 0 Å². The molecule has 5 heteroatoms. The summed E-state index contributed by atoms with van der Waals surface area (Å²) in [4.78, 5) is 6.65. The van der Waals surface area contributed by atoms with Crippen molar-refractivity contribution in [3.63, 3.8) is 0 Å². The number of rotatable bonds is 6. The lowest BCUT2D eigenvalue weighted by Crippen LogP contribution is -2.43. The van der Waals surface area contributed by atoms with E-state index in [2.05, 4.69) is 27.6 Å². The Morgan fingerprint density at radius 2 is 1.95 bits per heavy atom. The molecular weight excluding hydrogens is 276 g/mol. The number of nitrogens with one attached hydrogen (secondary N) is 2. The number of hydrogen-bond donors (Lipinski definition) is 2. The van der Waals surface area contributed by atoms with E-state index in [9.17, 15) is 0 Å². The van der Waals surface area contributed by atoms with Gasteiger partial charge in [-0.15, -0.1) is 0 Å². The summed E-state index contributed by atoms with van der Waals surface area (Å²) >= 11 is 0. The number of ether oxygens (including phenoxy) is 1. The first-order valence-corrected chi connectivity index (χ1v) is 8.09. The van der Waals surface area contributed by atoms with Crippen LogP contribution in [0.5, 0.6) is 5.75 Å². The van der Waals surface area contributed by atoms with Gasteiger partial charge in [0.25, 0.3) is 0 Å². The highest BCUT2D eigenvalue weighted by atomic mass is 16.5. The smallest absolute Gasteiger partial charge is 0.191 e. The van der Waals surface area contributed by atoms with E-state index in [0.717, 1.165) is 30.7 Å². The van der Waals surface area contributed by atoms with E-state index in [1.807, 2.05) is 37.4 Å². The van der Waals surface area contributed by atoms with Crippen molar-refractivity contribution in [2.24, 2.45) is 10.9 Å². The fraction of sp³-hybridized carbons (Fsp3) is 0.588. The maximum Gasteiger partial charge on any atom is 0.191 e. The third-order valence-corrected chi connectivity index (χ3v) is 4.03. The van der Waals surface area contributed by atoms with Gasteiger partial charge in [-0.1, -0.05) is 18.2 Å². The number of piperidine rings is 1. The van der Waals surface area contributed by atoms with Crippen LogP contribution in [0.2, 0.25) is 0 Å². The molecule has 0 spiro atoms. The molecule has 0 amide bonds. The van der Waals surface area contributed by atoms with Crippen LogP contribution in [0.1, 0.15) is 12.8 Å². The first-order valence-electron chi connectivity index (χ1n) is 8.09.